The van der Waals surface area contributed by atoms with Crippen molar-refractivity contribution in [3.8, 4) is 0 Å². The van der Waals surface area contributed by atoms with Crippen molar-refractivity contribution >= 4 is 27.3 Å². The molecule has 2 aromatic rings. The Labute approximate surface area is 121 Å². The van der Waals surface area contributed by atoms with Crippen molar-refractivity contribution in [1.82, 2.24) is 10.3 Å². The quantitative estimate of drug-likeness (QED) is 0.861. The largest absolute Gasteiger partial charge is 0.310 e. The zero-order valence-electron chi connectivity index (χ0n) is 10.4. The Kier molecular flexibility index (Phi) is 5.35. The second-order valence-corrected chi connectivity index (χ2v) is 5.83. The molecule has 1 heterocycles. The molecule has 1 aromatic carbocycles. The van der Waals surface area contributed by atoms with Gasteiger partial charge in [-0.15, -0.1) is 11.3 Å². The van der Waals surface area contributed by atoms with E-state index in [1.165, 1.54) is 11.3 Å². The third-order valence-electron chi connectivity index (χ3n) is 2.94. The first kappa shape index (κ1) is 13.7. The van der Waals surface area contributed by atoms with Gasteiger partial charge < -0.3 is 5.32 Å². The van der Waals surface area contributed by atoms with E-state index in [9.17, 15) is 0 Å². The topological polar surface area (TPSA) is 24.9 Å². The fraction of sp³-hybridized carbons (Fsp3) is 0.357. The highest BCUT2D eigenvalue weighted by atomic mass is 79.9. The van der Waals surface area contributed by atoms with E-state index in [1.807, 2.05) is 5.51 Å². The molecule has 4 heteroatoms. The molecule has 96 valence electrons. The molecule has 0 saturated carbocycles. The molecule has 0 saturated heterocycles. The van der Waals surface area contributed by atoms with Crippen LogP contribution in [0.5, 0.6) is 0 Å². The molecule has 0 spiro atoms. The van der Waals surface area contributed by atoms with E-state index in [1.54, 1.807) is 11.3 Å². The molecule has 2 rings (SSSR count). The summed E-state index contributed by atoms with van der Waals surface area (Å²) in [7, 11) is 0. The van der Waals surface area contributed by atoms with Crippen molar-refractivity contribution in [3.05, 3.63) is 50.9 Å². The smallest absolute Gasteiger partial charge is 0.0794 e. The normalized spacial score (nSPS) is 12.6. The molecule has 0 radical (unpaired) electrons. The zero-order valence-corrected chi connectivity index (χ0v) is 12.8. The molecular formula is C14H17BrN2S. The summed E-state index contributed by atoms with van der Waals surface area (Å²) >= 11 is 5.13. The van der Waals surface area contributed by atoms with E-state index in [2.05, 4.69) is 62.8 Å². The summed E-state index contributed by atoms with van der Waals surface area (Å²) in [6.45, 7) is 3.18. The summed E-state index contributed by atoms with van der Waals surface area (Å²) in [6.07, 6.45) is 2.09. The van der Waals surface area contributed by atoms with Crippen LogP contribution in [0.15, 0.2) is 39.6 Å². The molecule has 1 aromatic heterocycles. The average molecular weight is 325 g/mol. The van der Waals surface area contributed by atoms with Gasteiger partial charge in [0.15, 0.2) is 0 Å². The molecule has 0 aliphatic rings. The standard InChI is InChI=1S/C14H17BrN2S/c1-2-14(11-3-5-12(15)6-4-11)16-8-7-13-9-18-10-17-13/h3-6,9-10,14,16H,2,7-8H2,1H3. The van der Waals surface area contributed by atoms with Crippen LogP contribution < -0.4 is 5.32 Å². The number of nitrogens with one attached hydrogen (secondary N) is 1. The maximum absolute atomic E-state index is 4.30. The van der Waals surface area contributed by atoms with Crippen LogP contribution in [0.25, 0.3) is 0 Å². The fourth-order valence-corrected chi connectivity index (χ4v) is 2.79. The van der Waals surface area contributed by atoms with Gasteiger partial charge in [-0.05, 0) is 24.1 Å². The summed E-state index contributed by atoms with van der Waals surface area (Å²) in [4.78, 5) is 4.30. The van der Waals surface area contributed by atoms with E-state index >= 15 is 0 Å². The number of rotatable bonds is 6. The minimum absolute atomic E-state index is 0.428. The molecule has 0 aliphatic carbocycles. The number of thiazole rings is 1. The van der Waals surface area contributed by atoms with E-state index in [0.29, 0.717) is 6.04 Å². The molecular weight excluding hydrogens is 308 g/mol. The molecule has 1 unspecified atom stereocenters. The number of hydrogen-bond acceptors (Lipinski definition) is 3. The maximum atomic E-state index is 4.30. The molecule has 1 atom stereocenters. The van der Waals surface area contributed by atoms with Gasteiger partial charge in [0.2, 0.25) is 0 Å². The summed E-state index contributed by atoms with van der Waals surface area (Å²) in [5, 5.41) is 5.71. The number of halogens is 1. The van der Waals surface area contributed by atoms with Crippen LogP contribution in [0.3, 0.4) is 0 Å². The molecule has 0 amide bonds. The Bertz CT molecular complexity index is 453. The lowest BCUT2D eigenvalue weighted by molar-refractivity contribution is 0.521. The molecule has 0 aliphatic heterocycles. The molecule has 0 bridgehead atoms. The number of hydrogen-bond donors (Lipinski definition) is 1. The van der Waals surface area contributed by atoms with E-state index in [-0.39, 0.29) is 0 Å². The first-order valence-corrected chi connectivity index (χ1v) is 7.89. The van der Waals surface area contributed by atoms with Crippen molar-refractivity contribution in [2.75, 3.05) is 6.54 Å². The van der Waals surface area contributed by atoms with Gasteiger partial charge in [0.25, 0.3) is 0 Å². The highest BCUT2D eigenvalue weighted by Gasteiger charge is 2.08. The Morgan fingerprint density at radius 3 is 2.72 bits per heavy atom. The van der Waals surface area contributed by atoms with Crippen LogP contribution in [-0.2, 0) is 6.42 Å². The second kappa shape index (κ2) is 7.02. The number of aromatic nitrogens is 1. The zero-order chi connectivity index (χ0) is 12.8. The van der Waals surface area contributed by atoms with Crippen LogP contribution in [0, 0.1) is 0 Å². The lowest BCUT2D eigenvalue weighted by atomic mass is 10.0. The highest BCUT2D eigenvalue weighted by molar-refractivity contribution is 9.10. The van der Waals surface area contributed by atoms with Crippen LogP contribution in [0.4, 0.5) is 0 Å². The van der Waals surface area contributed by atoms with Crippen LogP contribution >= 0.6 is 27.3 Å². The first-order valence-electron chi connectivity index (χ1n) is 6.15. The van der Waals surface area contributed by atoms with Gasteiger partial charge in [-0.2, -0.15) is 0 Å². The number of benzene rings is 1. The Balaban J connectivity index is 1.87. The Morgan fingerprint density at radius 2 is 2.11 bits per heavy atom. The van der Waals surface area contributed by atoms with Crippen molar-refractivity contribution in [2.45, 2.75) is 25.8 Å². The van der Waals surface area contributed by atoms with Crippen molar-refractivity contribution < 1.29 is 0 Å². The molecule has 18 heavy (non-hydrogen) atoms. The summed E-state index contributed by atoms with van der Waals surface area (Å²) in [6, 6.07) is 8.97. The summed E-state index contributed by atoms with van der Waals surface area (Å²) in [5.74, 6) is 0. The summed E-state index contributed by atoms with van der Waals surface area (Å²) in [5.41, 5.74) is 4.42. The van der Waals surface area contributed by atoms with E-state index in [0.717, 1.165) is 23.9 Å². The van der Waals surface area contributed by atoms with E-state index < -0.39 is 0 Å². The van der Waals surface area contributed by atoms with Crippen molar-refractivity contribution in [3.63, 3.8) is 0 Å². The molecule has 2 nitrogen and oxygen atoms in total. The monoisotopic (exact) mass is 324 g/mol. The minimum atomic E-state index is 0.428. The SMILES string of the molecule is CCC(NCCc1cscn1)c1ccc(Br)cc1. The van der Waals surface area contributed by atoms with E-state index in [4.69, 9.17) is 0 Å². The third kappa shape index (κ3) is 3.90. The van der Waals surface area contributed by atoms with Crippen molar-refractivity contribution in [1.29, 1.82) is 0 Å². The summed E-state index contributed by atoms with van der Waals surface area (Å²) < 4.78 is 1.13. The molecule has 0 fully saturated rings. The number of nitrogens with zero attached hydrogens (tertiary/aromatic N) is 1. The van der Waals surface area contributed by atoms with Gasteiger partial charge in [-0.3, -0.25) is 0 Å². The fourth-order valence-electron chi connectivity index (χ4n) is 1.93. The lowest BCUT2D eigenvalue weighted by Gasteiger charge is -2.17. The van der Waals surface area contributed by atoms with Crippen LogP contribution in [0.1, 0.15) is 30.6 Å². The van der Waals surface area contributed by atoms with Gasteiger partial charge >= 0.3 is 0 Å². The minimum Gasteiger partial charge on any atom is -0.310 e. The maximum Gasteiger partial charge on any atom is 0.0794 e. The second-order valence-electron chi connectivity index (χ2n) is 4.20. The van der Waals surface area contributed by atoms with Crippen LogP contribution in [0.2, 0.25) is 0 Å². The van der Waals surface area contributed by atoms with Crippen molar-refractivity contribution in [2.24, 2.45) is 0 Å². The Hall–Kier alpha value is -0.710. The predicted octanol–water partition coefficient (Wildman–Crippen LogP) is 4.19. The van der Waals surface area contributed by atoms with Gasteiger partial charge in [-0.1, -0.05) is 35.0 Å². The lowest BCUT2D eigenvalue weighted by Crippen LogP contribution is -2.23. The highest BCUT2D eigenvalue weighted by Crippen LogP contribution is 2.19. The average Bonchev–Trinajstić information content (AvgIpc) is 2.89. The van der Waals surface area contributed by atoms with Gasteiger partial charge in [0.05, 0.1) is 11.2 Å². The third-order valence-corrected chi connectivity index (χ3v) is 4.10. The Morgan fingerprint density at radius 1 is 1.33 bits per heavy atom. The first-order chi connectivity index (χ1) is 8.79. The van der Waals surface area contributed by atoms with Gasteiger partial charge in [0.1, 0.15) is 0 Å². The van der Waals surface area contributed by atoms with Crippen LogP contribution in [-0.4, -0.2) is 11.5 Å². The van der Waals surface area contributed by atoms with Gasteiger partial charge in [0, 0.05) is 28.9 Å². The molecule has 1 N–H and O–H groups in total. The van der Waals surface area contributed by atoms with Gasteiger partial charge in [-0.25, -0.2) is 4.98 Å². The predicted molar refractivity (Wildman–Crippen MR) is 81.0 cm³/mol.